The van der Waals surface area contributed by atoms with E-state index in [1.54, 1.807) is 0 Å². The van der Waals surface area contributed by atoms with Crippen molar-refractivity contribution in [1.82, 2.24) is 0 Å². The predicted octanol–water partition coefficient (Wildman–Crippen LogP) is 0.855. The minimum absolute atomic E-state index is 0.427. The Balaban J connectivity index is 2.55. The van der Waals surface area contributed by atoms with E-state index in [2.05, 4.69) is 0 Å². The van der Waals surface area contributed by atoms with E-state index >= 15 is 0 Å². The van der Waals surface area contributed by atoms with Crippen LogP contribution in [0.2, 0.25) is 0 Å². The van der Waals surface area contributed by atoms with Crippen LogP contribution in [-0.4, -0.2) is 17.2 Å². The summed E-state index contributed by atoms with van der Waals surface area (Å²) in [6.45, 7) is 1.99. The smallest absolute Gasteiger partial charge is 0.267 e. The number of nitrogens with two attached hydrogens (primary N) is 1. The first-order valence-electron chi connectivity index (χ1n) is 5.04. The third-order valence-corrected chi connectivity index (χ3v) is 2.76. The number of fused-ring (bicyclic) bond motifs is 1. The van der Waals surface area contributed by atoms with Gasteiger partial charge >= 0.3 is 0 Å². The minimum atomic E-state index is -0.630. The van der Waals surface area contributed by atoms with E-state index in [1.807, 2.05) is 25.1 Å². The van der Waals surface area contributed by atoms with Crippen LogP contribution in [0.5, 0.6) is 0 Å². The molecule has 0 aromatic heterocycles. The Morgan fingerprint density at radius 2 is 2.33 bits per heavy atom. The van der Waals surface area contributed by atoms with Gasteiger partial charge in [-0.25, -0.2) is 0 Å². The molecule has 1 aromatic rings. The van der Waals surface area contributed by atoms with Gasteiger partial charge in [0.25, 0.3) is 5.91 Å². The van der Waals surface area contributed by atoms with Crippen molar-refractivity contribution < 1.29 is 10.0 Å². The number of carbonyl (C=O) groups excluding carboxylic acids is 1. The molecule has 1 aliphatic rings. The quantitative estimate of drug-likeness (QED) is 0.669. The van der Waals surface area contributed by atoms with Crippen molar-refractivity contribution in [2.45, 2.75) is 25.8 Å². The van der Waals surface area contributed by atoms with Crippen molar-refractivity contribution in [2.75, 3.05) is 5.06 Å². The van der Waals surface area contributed by atoms with Crippen LogP contribution in [0.1, 0.15) is 18.1 Å². The average molecular weight is 206 g/mol. The molecule has 1 heterocycles. The Kier molecular flexibility index (Phi) is 2.46. The summed E-state index contributed by atoms with van der Waals surface area (Å²) in [5.74, 6) is -0.427. The lowest BCUT2D eigenvalue weighted by atomic mass is 9.95. The molecule has 1 atom stereocenters. The highest BCUT2D eigenvalue weighted by Gasteiger charge is 2.30. The number of hydroxylamine groups is 1. The van der Waals surface area contributed by atoms with E-state index < -0.39 is 11.9 Å². The van der Waals surface area contributed by atoms with Crippen LogP contribution in [0.25, 0.3) is 0 Å². The fourth-order valence-corrected chi connectivity index (χ4v) is 1.96. The molecule has 0 saturated carbocycles. The molecule has 15 heavy (non-hydrogen) atoms. The lowest BCUT2D eigenvalue weighted by molar-refractivity contribution is -0.125. The topological polar surface area (TPSA) is 66.6 Å². The Morgan fingerprint density at radius 1 is 1.60 bits per heavy atom. The standard InChI is InChI=1S/C11H14N2O2/c1-2-7-4-3-5-8-6-9(12)11(14)13(15)10(7)8/h3-5,9,15H,2,6,12H2,1H3/t9-/m0/s1. The van der Waals surface area contributed by atoms with E-state index in [4.69, 9.17) is 5.73 Å². The molecule has 0 bridgehead atoms. The van der Waals surface area contributed by atoms with Gasteiger partial charge in [-0.1, -0.05) is 25.1 Å². The molecule has 0 fully saturated rings. The third-order valence-electron chi connectivity index (χ3n) is 2.76. The SMILES string of the molecule is CCc1cccc2c1N(O)C(=O)[C@@H](N)C2. The molecule has 0 spiro atoms. The number of anilines is 1. The number of amides is 1. The number of nitrogens with zero attached hydrogens (tertiary/aromatic N) is 1. The lowest BCUT2D eigenvalue weighted by Crippen LogP contribution is -2.47. The van der Waals surface area contributed by atoms with Crippen molar-refractivity contribution in [3.8, 4) is 0 Å². The number of rotatable bonds is 1. The van der Waals surface area contributed by atoms with Gasteiger partial charge in [-0.05, 0) is 24.0 Å². The Morgan fingerprint density at radius 3 is 3.00 bits per heavy atom. The summed E-state index contributed by atoms with van der Waals surface area (Å²) in [7, 11) is 0. The minimum Gasteiger partial charge on any atom is -0.320 e. The van der Waals surface area contributed by atoms with E-state index in [9.17, 15) is 10.0 Å². The molecular weight excluding hydrogens is 192 g/mol. The van der Waals surface area contributed by atoms with Crippen LogP contribution in [0, 0.1) is 0 Å². The molecule has 4 nitrogen and oxygen atoms in total. The summed E-state index contributed by atoms with van der Waals surface area (Å²) >= 11 is 0. The summed E-state index contributed by atoms with van der Waals surface area (Å²) in [6.07, 6.45) is 1.28. The average Bonchev–Trinajstić information content (AvgIpc) is 2.25. The molecule has 4 heteroatoms. The normalized spacial score (nSPS) is 20.3. The molecule has 80 valence electrons. The van der Waals surface area contributed by atoms with Crippen LogP contribution in [-0.2, 0) is 17.6 Å². The van der Waals surface area contributed by atoms with Crippen LogP contribution in [0.15, 0.2) is 18.2 Å². The number of carbonyl (C=O) groups is 1. The lowest BCUT2D eigenvalue weighted by Gasteiger charge is -2.29. The maximum atomic E-state index is 11.5. The summed E-state index contributed by atoms with van der Waals surface area (Å²) in [5.41, 5.74) is 8.14. The van der Waals surface area contributed by atoms with Gasteiger partial charge in [0.05, 0.1) is 11.7 Å². The zero-order chi connectivity index (χ0) is 11.0. The van der Waals surface area contributed by atoms with Crippen molar-refractivity contribution in [3.63, 3.8) is 0 Å². The first-order chi connectivity index (χ1) is 7.15. The second-order valence-electron chi connectivity index (χ2n) is 3.74. The highest BCUT2D eigenvalue weighted by Crippen LogP contribution is 2.30. The first kappa shape index (κ1) is 10.1. The van der Waals surface area contributed by atoms with Crippen LogP contribution in [0.3, 0.4) is 0 Å². The zero-order valence-electron chi connectivity index (χ0n) is 8.60. The van der Waals surface area contributed by atoms with E-state index in [0.29, 0.717) is 17.2 Å². The Labute approximate surface area is 88.3 Å². The van der Waals surface area contributed by atoms with Gasteiger partial charge in [0.2, 0.25) is 0 Å². The van der Waals surface area contributed by atoms with Crippen molar-refractivity contribution in [1.29, 1.82) is 0 Å². The van der Waals surface area contributed by atoms with Gasteiger partial charge in [0.15, 0.2) is 0 Å². The summed E-state index contributed by atoms with van der Waals surface area (Å²) in [4.78, 5) is 11.5. The molecule has 1 aromatic carbocycles. The Bertz CT molecular complexity index is 404. The van der Waals surface area contributed by atoms with Gasteiger partial charge in [0, 0.05) is 0 Å². The largest absolute Gasteiger partial charge is 0.320 e. The molecule has 0 unspecified atom stereocenters. The van der Waals surface area contributed by atoms with E-state index in [0.717, 1.165) is 17.5 Å². The van der Waals surface area contributed by atoms with Gasteiger partial charge in [-0.3, -0.25) is 10.0 Å². The second kappa shape index (κ2) is 3.64. The Hall–Kier alpha value is -1.39. The maximum absolute atomic E-state index is 11.5. The number of hydrogen-bond acceptors (Lipinski definition) is 3. The molecule has 0 aliphatic carbocycles. The van der Waals surface area contributed by atoms with Crippen molar-refractivity contribution in [3.05, 3.63) is 29.3 Å². The van der Waals surface area contributed by atoms with E-state index in [-0.39, 0.29) is 0 Å². The molecule has 1 amide bonds. The van der Waals surface area contributed by atoms with Crippen LogP contribution < -0.4 is 10.8 Å². The molecular formula is C11H14N2O2. The van der Waals surface area contributed by atoms with Crippen molar-refractivity contribution >= 4 is 11.6 Å². The summed E-state index contributed by atoms with van der Waals surface area (Å²) in [5, 5.41) is 10.4. The van der Waals surface area contributed by atoms with Gasteiger partial charge < -0.3 is 5.73 Å². The first-order valence-corrected chi connectivity index (χ1v) is 5.04. The fourth-order valence-electron chi connectivity index (χ4n) is 1.96. The highest BCUT2D eigenvalue weighted by atomic mass is 16.5. The van der Waals surface area contributed by atoms with Gasteiger partial charge in [-0.2, -0.15) is 5.06 Å². The molecule has 0 saturated heterocycles. The number of para-hydroxylation sites is 1. The number of benzene rings is 1. The van der Waals surface area contributed by atoms with Crippen LogP contribution >= 0.6 is 0 Å². The second-order valence-corrected chi connectivity index (χ2v) is 3.74. The molecule has 1 aliphatic heterocycles. The van der Waals surface area contributed by atoms with Crippen molar-refractivity contribution in [2.24, 2.45) is 5.73 Å². The zero-order valence-corrected chi connectivity index (χ0v) is 8.60. The number of aryl methyl sites for hydroxylation is 1. The maximum Gasteiger partial charge on any atom is 0.267 e. The fraction of sp³-hybridized carbons (Fsp3) is 0.364. The van der Waals surface area contributed by atoms with Crippen LogP contribution in [0.4, 0.5) is 5.69 Å². The monoisotopic (exact) mass is 206 g/mol. The van der Waals surface area contributed by atoms with E-state index in [1.165, 1.54) is 0 Å². The van der Waals surface area contributed by atoms with Gasteiger partial charge in [-0.15, -0.1) is 0 Å². The summed E-state index contributed by atoms with van der Waals surface area (Å²) in [6, 6.07) is 5.10. The number of hydrogen-bond donors (Lipinski definition) is 2. The molecule has 2 rings (SSSR count). The third kappa shape index (κ3) is 1.52. The predicted molar refractivity (Wildman–Crippen MR) is 56.8 cm³/mol. The summed E-state index contributed by atoms with van der Waals surface area (Å²) < 4.78 is 0. The molecule has 0 radical (unpaired) electrons. The highest BCUT2D eigenvalue weighted by molar-refractivity contribution is 5.98. The molecule has 3 N–H and O–H groups in total. The van der Waals surface area contributed by atoms with Gasteiger partial charge in [0.1, 0.15) is 0 Å².